The number of benzene rings is 3. The average Bonchev–Trinajstić information content (AvgIpc) is 3.14. The molecule has 0 atom stereocenters. The molecule has 0 saturated heterocycles. The van der Waals surface area contributed by atoms with Gasteiger partial charge in [-0.3, -0.25) is 4.79 Å². The van der Waals surface area contributed by atoms with Gasteiger partial charge in [-0.25, -0.2) is 5.43 Å². The van der Waals surface area contributed by atoms with E-state index >= 15 is 0 Å². The molecule has 0 radical (unpaired) electrons. The minimum atomic E-state index is -4.51. The molecule has 3 aromatic carbocycles. The van der Waals surface area contributed by atoms with Crippen molar-refractivity contribution < 1.29 is 18.0 Å². The summed E-state index contributed by atoms with van der Waals surface area (Å²) in [6.45, 7) is 0. The minimum Gasteiger partial charge on any atom is -0.350 e. The number of hydrogen-bond acceptors (Lipinski definition) is 2. The summed E-state index contributed by atoms with van der Waals surface area (Å²) in [6.07, 6.45) is -3.52. The fourth-order valence-corrected chi connectivity index (χ4v) is 3.30. The Morgan fingerprint density at radius 3 is 2.33 bits per heavy atom. The Labute approximate surface area is 170 Å². The number of aromatic nitrogens is 1. The summed E-state index contributed by atoms with van der Waals surface area (Å²) in [6, 6.07) is 21.9. The van der Waals surface area contributed by atoms with Gasteiger partial charge in [-0.1, -0.05) is 66.7 Å². The van der Waals surface area contributed by atoms with Crippen molar-refractivity contribution in [2.24, 2.45) is 5.10 Å². The summed E-state index contributed by atoms with van der Waals surface area (Å²) in [5, 5.41) is 4.61. The van der Waals surface area contributed by atoms with Crippen LogP contribution in [0.1, 0.15) is 21.6 Å². The van der Waals surface area contributed by atoms with Crippen LogP contribution in [0.4, 0.5) is 13.2 Å². The van der Waals surface area contributed by atoms with Gasteiger partial charge in [0.25, 0.3) is 5.91 Å². The topological polar surface area (TPSA) is 57.2 Å². The van der Waals surface area contributed by atoms with Crippen LogP contribution in [0.5, 0.6) is 0 Å². The summed E-state index contributed by atoms with van der Waals surface area (Å²) in [5.74, 6) is -0.550. The van der Waals surface area contributed by atoms with Crippen molar-refractivity contribution in [3.8, 4) is 11.1 Å². The van der Waals surface area contributed by atoms with E-state index in [2.05, 4.69) is 15.5 Å². The first-order chi connectivity index (χ1) is 14.4. The van der Waals surface area contributed by atoms with Crippen LogP contribution in [0.25, 0.3) is 22.0 Å². The van der Waals surface area contributed by atoms with Crippen molar-refractivity contribution in [2.45, 2.75) is 6.18 Å². The Balaban J connectivity index is 1.66. The fourth-order valence-electron chi connectivity index (χ4n) is 3.30. The van der Waals surface area contributed by atoms with Crippen molar-refractivity contribution >= 4 is 23.0 Å². The standard InChI is InChI=1S/C23H16F3N3O/c24-23(25,26)18-12-6-4-10-16(18)14-27-29-22(30)21-20(15-8-2-1-3-9-15)17-11-5-7-13-19(17)28-21/h1-14,28H,(H,29,30)/b27-14+. The largest absolute Gasteiger partial charge is 0.417 e. The van der Waals surface area contributed by atoms with Gasteiger partial charge in [-0.2, -0.15) is 18.3 Å². The number of alkyl halides is 3. The molecule has 0 saturated carbocycles. The molecule has 0 aliphatic carbocycles. The second kappa shape index (κ2) is 7.87. The highest BCUT2D eigenvalue weighted by Gasteiger charge is 2.32. The third kappa shape index (κ3) is 3.82. The Bertz CT molecular complexity index is 1230. The minimum absolute atomic E-state index is 0.134. The van der Waals surface area contributed by atoms with Crippen LogP contribution in [0.3, 0.4) is 0 Å². The summed E-state index contributed by atoms with van der Waals surface area (Å²) < 4.78 is 39.3. The molecule has 4 aromatic rings. The zero-order valence-corrected chi connectivity index (χ0v) is 15.6. The molecule has 150 valence electrons. The van der Waals surface area contributed by atoms with Gasteiger partial charge in [0.15, 0.2) is 0 Å². The first-order valence-electron chi connectivity index (χ1n) is 9.11. The van der Waals surface area contributed by atoms with E-state index < -0.39 is 17.6 Å². The van der Waals surface area contributed by atoms with Gasteiger partial charge in [-0.05, 0) is 17.7 Å². The zero-order valence-electron chi connectivity index (χ0n) is 15.6. The van der Waals surface area contributed by atoms with E-state index in [-0.39, 0.29) is 11.3 Å². The maximum Gasteiger partial charge on any atom is 0.417 e. The average molecular weight is 407 g/mol. The van der Waals surface area contributed by atoms with Gasteiger partial charge in [0.05, 0.1) is 11.8 Å². The third-order valence-corrected chi connectivity index (χ3v) is 4.63. The molecule has 1 amide bonds. The molecule has 4 nitrogen and oxygen atoms in total. The van der Waals surface area contributed by atoms with Crippen molar-refractivity contribution in [3.63, 3.8) is 0 Å². The lowest BCUT2D eigenvalue weighted by Gasteiger charge is -2.09. The second-order valence-electron chi connectivity index (χ2n) is 6.57. The summed E-state index contributed by atoms with van der Waals surface area (Å²) >= 11 is 0. The van der Waals surface area contributed by atoms with Crippen LogP contribution < -0.4 is 5.43 Å². The van der Waals surface area contributed by atoms with E-state index in [1.54, 1.807) is 0 Å². The fraction of sp³-hybridized carbons (Fsp3) is 0.0435. The third-order valence-electron chi connectivity index (χ3n) is 4.63. The predicted octanol–water partition coefficient (Wildman–Crippen LogP) is 5.62. The van der Waals surface area contributed by atoms with E-state index in [4.69, 9.17) is 0 Å². The monoisotopic (exact) mass is 407 g/mol. The molecule has 0 fully saturated rings. The quantitative estimate of drug-likeness (QED) is 0.335. The van der Waals surface area contributed by atoms with E-state index in [0.29, 0.717) is 5.56 Å². The van der Waals surface area contributed by atoms with Crippen LogP contribution in [-0.4, -0.2) is 17.1 Å². The molecule has 0 bridgehead atoms. The number of hydrazone groups is 1. The zero-order chi connectivity index (χ0) is 21.1. The van der Waals surface area contributed by atoms with Crippen LogP contribution in [0.15, 0.2) is 84.0 Å². The number of halogens is 3. The van der Waals surface area contributed by atoms with Gasteiger partial charge in [0, 0.05) is 22.0 Å². The van der Waals surface area contributed by atoms with Gasteiger partial charge in [0.2, 0.25) is 0 Å². The van der Waals surface area contributed by atoms with Crippen molar-refractivity contribution in [1.29, 1.82) is 0 Å². The predicted molar refractivity (Wildman–Crippen MR) is 110 cm³/mol. The van der Waals surface area contributed by atoms with Gasteiger partial charge in [-0.15, -0.1) is 0 Å². The number of aromatic amines is 1. The first-order valence-corrected chi connectivity index (χ1v) is 9.11. The van der Waals surface area contributed by atoms with E-state index in [1.807, 2.05) is 54.6 Å². The molecular weight excluding hydrogens is 391 g/mol. The number of H-pyrrole nitrogens is 1. The molecule has 0 spiro atoms. The molecule has 2 N–H and O–H groups in total. The lowest BCUT2D eigenvalue weighted by Crippen LogP contribution is -2.19. The number of nitrogens with zero attached hydrogens (tertiary/aromatic N) is 1. The molecule has 0 unspecified atom stereocenters. The maximum atomic E-state index is 13.1. The Morgan fingerprint density at radius 1 is 0.900 bits per heavy atom. The number of carbonyl (C=O) groups is 1. The van der Waals surface area contributed by atoms with Crippen LogP contribution in [0, 0.1) is 0 Å². The number of amides is 1. The Hall–Kier alpha value is -3.87. The molecular formula is C23H16F3N3O. The van der Waals surface area contributed by atoms with E-state index in [1.165, 1.54) is 18.2 Å². The number of hydrogen-bond donors (Lipinski definition) is 2. The van der Waals surface area contributed by atoms with Crippen molar-refractivity contribution in [3.05, 3.63) is 95.7 Å². The molecule has 0 aliphatic rings. The summed E-state index contributed by atoms with van der Waals surface area (Å²) in [5.41, 5.74) is 3.97. The number of para-hydroxylation sites is 1. The number of rotatable bonds is 4. The Morgan fingerprint density at radius 2 is 1.57 bits per heavy atom. The van der Waals surface area contributed by atoms with Gasteiger partial charge >= 0.3 is 6.18 Å². The molecule has 30 heavy (non-hydrogen) atoms. The van der Waals surface area contributed by atoms with Gasteiger partial charge < -0.3 is 4.98 Å². The molecule has 1 heterocycles. The molecule has 0 aliphatic heterocycles. The molecule has 4 rings (SSSR count). The highest BCUT2D eigenvalue weighted by molar-refractivity contribution is 6.09. The maximum absolute atomic E-state index is 13.1. The van der Waals surface area contributed by atoms with Crippen LogP contribution >= 0.6 is 0 Å². The number of nitrogens with one attached hydrogen (secondary N) is 2. The SMILES string of the molecule is O=C(N/N=C/c1ccccc1C(F)(F)F)c1[nH]c2ccccc2c1-c1ccccc1. The van der Waals surface area contributed by atoms with Crippen LogP contribution in [0.2, 0.25) is 0 Å². The van der Waals surface area contributed by atoms with Crippen molar-refractivity contribution in [2.75, 3.05) is 0 Å². The van der Waals surface area contributed by atoms with Gasteiger partial charge in [0.1, 0.15) is 5.69 Å². The lowest BCUT2D eigenvalue weighted by molar-refractivity contribution is -0.137. The number of carbonyl (C=O) groups excluding carboxylic acids is 1. The summed E-state index contributed by atoms with van der Waals surface area (Å²) in [7, 11) is 0. The Kier molecular flexibility index (Phi) is 5.10. The highest BCUT2D eigenvalue weighted by Crippen LogP contribution is 2.33. The number of fused-ring (bicyclic) bond motifs is 1. The van der Waals surface area contributed by atoms with Crippen molar-refractivity contribution in [1.82, 2.24) is 10.4 Å². The van der Waals surface area contributed by atoms with E-state index in [0.717, 1.165) is 28.7 Å². The van der Waals surface area contributed by atoms with Crippen LogP contribution in [-0.2, 0) is 6.18 Å². The normalized spacial score (nSPS) is 11.8. The van der Waals surface area contributed by atoms with E-state index in [9.17, 15) is 18.0 Å². The lowest BCUT2D eigenvalue weighted by atomic mass is 10.0. The highest BCUT2D eigenvalue weighted by atomic mass is 19.4. The molecule has 1 aromatic heterocycles. The summed E-state index contributed by atoms with van der Waals surface area (Å²) in [4.78, 5) is 15.9. The first kappa shape index (κ1) is 19.4. The smallest absolute Gasteiger partial charge is 0.350 e. The molecule has 7 heteroatoms. The second-order valence-corrected chi connectivity index (χ2v) is 6.57.